The standard InChI is InChI=1S/C24H16F2N2O5S/c25-18-7-5-15(6-8-18)14-33-21-10-9-19(28(31)32)11-17(21)12-22-23(29)27(24(30)34-22)13-16-3-1-2-4-20(16)26/h1-12H,13-14H2/b22-12-. The molecule has 1 heterocycles. The first-order valence-corrected chi connectivity index (χ1v) is 10.8. The number of hydrogen-bond donors (Lipinski definition) is 0. The molecule has 1 aliphatic rings. The summed E-state index contributed by atoms with van der Waals surface area (Å²) in [6, 6.07) is 15.3. The van der Waals surface area contributed by atoms with E-state index in [-0.39, 0.29) is 40.6 Å². The van der Waals surface area contributed by atoms with E-state index in [9.17, 15) is 28.5 Å². The van der Waals surface area contributed by atoms with Crippen LogP contribution in [0.4, 0.5) is 19.3 Å². The monoisotopic (exact) mass is 482 g/mol. The largest absolute Gasteiger partial charge is 0.488 e. The van der Waals surface area contributed by atoms with Crippen molar-refractivity contribution in [3.8, 4) is 5.75 Å². The number of ether oxygens (including phenoxy) is 1. The fraction of sp³-hybridized carbons (Fsp3) is 0.0833. The van der Waals surface area contributed by atoms with Crippen LogP contribution < -0.4 is 4.74 Å². The molecule has 0 N–H and O–H groups in total. The second-order valence-electron chi connectivity index (χ2n) is 7.25. The number of amides is 2. The summed E-state index contributed by atoms with van der Waals surface area (Å²) >= 11 is 0.650. The Balaban J connectivity index is 1.61. The van der Waals surface area contributed by atoms with Crippen molar-refractivity contribution in [1.82, 2.24) is 4.90 Å². The van der Waals surface area contributed by atoms with Gasteiger partial charge in [0.1, 0.15) is 24.0 Å². The van der Waals surface area contributed by atoms with Crippen LogP contribution in [0.2, 0.25) is 0 Å². The lowest BCUT2D eigenvalue weighted by molar-refractivity contribution is -0.384. The van der Waals surface area contributed by atoms with Crippen LogP contribution in [-0.2, 0) is 17.9 Å². The Labute approximate surface area is 196 Å². The average molecular weight is 482 g/mol. The molecule has 0 saturated carbocycles. The molecule has 34 heavy (non-hydrogen) atoms. The number of hydrogen-bond acceptors (Lipinski definition) is 6. The molecule has 0 unspecified atom stereocenters. The van der Waals surface area contributed by atoms with E-state index in [1.807, 2.05) is 0 Å². The fourth-order valence-corrected chi connectivity index (χ4v) is 4.04. The van der Waals surface area contributed by atoms with E-state index in [4.69, 9.17) is 4.74 Å². The summed E-state index contributed by atoms with van der Waals surface area (Å²) in [5, 5.41) is 10.7. The molecular formula is C24H16F2N2O5S. The zero-order chi connectivity index (χ0) is 24.2. The molecule has 1 aliphatic heterocycles. The molecule has 3 aromatic carbocycles. The van der Waals surface area contributed by atoms with Crippen molar-refractivity contribution in [2.45, 2.75) is 13.2 Å². The highest BCUT2D eigenvalue weighted by Gasteiger charge is 2.35. The number of carbonyl (C=O) groups is 2. The summed E-state index contributed by atoms with van der Waals surface area (Å²) < 4.78 is 32.9. The molecule has 0 aliphatic carbocycles. The Morgan fingerprint density at radius 2 is 1.76 bits per heavy atom. The van der Waals surface area contributed by atoms with Crippen LogP contribution in [0.3, 0.4) is 0 Å². The molecule has 2 amide bonds. The Morgan fingerprint density at radius 1 is 1.03 bits per heavy atom. The summed E-state index contributed by atoms with van der Waals surface area (Å²) in [7, 11) is 0. The Bertz CT molecular complexity index is 1310. The normalized spacial score (nSPS) is 14.6. The molecule has 0 aromatic heterocycles. The predicted octanol–water partition coefficient (Wildman–Crippen LogP) is 5.69. The van der Waals surface area contributed by atoms with Gasteiger partial charge in [0.05, 0.1) is 16.4 Å². The molecule has 7 nitrogen and oxygen atoms in total. The van der Waals surface area contributed by atoms with Crippen molar-refractivity contribution in [3.63, 3.8) is 0 Å². The molecule has 172 valence electrons. The Hall–Kier alpha value is -4.05. The lowest BCUT2D eigenvalue weighted by Gasteiger charge is -2.13. The number of thioether (sulfide) groups is 1. The van der Waals surface area contributed by atoms with Gasteiger partial charge in [-0.05, 0) is 47.7 Å². The molecule has 1 fully saturated rings. The van der Waals surface area contributed by atoms with Crippen molar-refractivity contribution in [3.05, 3.63) is 110 Å². The van der Waals surface area contributed by atoms with Crippen LogP contribution in [-0.4, -0.2) is 21.0 Å². The van der Waals surface area contributed by atoms with E-state index < -0.39 is 27.7 Å². The highest BCUT2D eigenvalue weighted by Crippen LogP contribution is 2.36. The van der Waals surface area contributed by atoms with Crippen molar-refractivity contribution >= 4 is 34.7 Å². The molecule has 10 heteroatoms. The molecule has 0 spiro atoms. The average Bonchev–Trinajstić information content (AvgIpc) is 3.08. The van der Waals surface area contributed by atoms with Crippen LogP contribution in [0.1, 0.15) is 16.7 Å². The van der Waals surface area contributed by atoms with Crippen LogP contribution in [0.25, 0.3) is 6.08 Å². The number of carbonyl (C=O) groups excluding carboxylic acids is 2. The van der Waals surface area contributed by atoms with Crippen molar-refractivity contribution in [2.24, 2.45) is 0 Å². The van der Waals surface area contributed by atoms with Gasteiger partial charge in [-0.25, -0.2) is 8.78 Å². The van der Waals surface area contributed by atoms with Crippen LogP contribution in [0.5, 0.6) is 5.75 Å². The second-order valence-corrected chi connectivity index (χ2v) is 8.25. The molecule has 0 atom stereocenters. The number of imide groups is 1. The smallest absolute Gasteiger partial charge is 0.293 e. The summed E-state index contributed by atoms with van der Waals surface area (Å²) in [6.07, 6.45) is 1.33. The maximum Gasteiger partial charge on any atom is 0.293 e. The summed E-state index contributed by atoms with van der Waals surface area (Å²) in [5.74, 6) is -1.35. The maximum absolute atomic E-state index is 14.0. The molecule has 1 saturated heterocycles. The van der Waals surface area contributed by atoms with Crippen molar-refractivity contribution < 1.29 is 28.0 Å². The van der Waals surface area contributed by atoms with Crippen LogP contribution in [0.15, 0.2) is 71.6 Å². The van der Waals surface area contributed by atoms with Crippen LogP contribution in [0, 0.1) is 21.7 Å². The van der Waals surface area contributed by atoms with Gasteiger partial charge < -0.3 is 4.74 Å². The highest BCUT2D eigenvalue weighted by atomic mass is 32.2. The first-order chi connectivity index (χ1) is 16.3. The van der Waals surface area contributed by atoms with E-state index in [1.54, 1.807) is 6.07 Å². The Morgan fingerprint density at radius 3 is 2.47 bits per heavy atom. The van der Waals surface area contributed by atoms with Gasteiger partial charge in [0, 0.05) is 23.3 Å². The predicted molar refractivity (Wildman–Crippen MR) is 122 cm³/mol. The number of nitrogens with zero attached hydrogens (tertiary/aromatic N) is 2. The number of benzene rings is 3. The summed E-state index contributed by atoms with van der Waals surface area (Å²) in [4.78, 5) is 36.9. The minimum atomic E-state index is -0.644. The van der Waals surface area contributed by atoms with Gasteiger partial charge >= 0.3 is 0 Å². The number of non-ortho nitro benzene ring substituents is 1. The molecule has 4 rings (SSSR count). The SMILES string of the molecule is O=C1S/C(=C\c2cc([N+](=O)[O-])ccc2OCc2ccc(F)cc2)C(=O)N1Cc1ccccc1F. The third-order valence-corrected chi connectivity index (χ3v) is 5.87. The molecular weight excluding hydrogens is 466 g/mol. The Kier molecular flexibility index (Phi) is 6.69. The third kappa shape index (κ3) is 5.12. The van der Waals surface area contributed by atoms with E-state index in [0.29, 0.717) is 17.3 Å². The fourth-order valence-electron chi connectivity index (χ4n) is 3.21. The lowest BCUT2D eigenvalue weighted by atomic mass is 10.1. The van der Waals surface area contributed by atoms with Gasteiger partial charge in [-0.2, -0.15) is 0 Å². The van der Waals surface area contributed by atoms with Crippen molar-refractivity contribution in [2.75, 3.05) is 0 Å². The van der Waals surface area contributed by atoms with E-state index >= 15 is 0 Å². The lowest BCUT2D eigenvalue weighted by Crippen LogP contribution is -2.27. The van der Waals surface area contributed by atoms with Gasteiger partial charge in [0.15, 0.2) is 0 Å². The number of halogens is 2. The van der Waals surface area contributed by atoms with E-state index in [1.165, 1.54) is 66.7 Å². The quantitative estimate of drug-likeness (QED) is 0.244. The first kappa shape index (κ1) is 23.1. The van der Waals surface area contributed by atoms with Gasteiger partial charge in [-0.15, -0.1) is 0 Å². The molecule has 3 aromatic rings. The topological polar surface area (TPSA) is 89.7 Å². The third-order valence-electron chi connectivity index (χ3n) is 4.96. The molecule has 0 bridgehead atoms. The van der Waals surface area contributed by atoms with Crippen molar-refractivity contribution in [1.29, 1.82) is 0 Å². The van der Waals surface area contributed by atoms with Gasteiger partial charge in [-0.1, -0.05) is 30.3 Å². The maximum atomic E-state index is 14.0. The number of nitro groups is 1. The van der Waals surface area contributed by atoms with Gasteiger partial charge in [0.2, 0.25) is 0 Å². The number of rotatable bonds is 7. The summed E-state index contributed by atoms with van der Waals surface area (Å²) in [6.45, 7) is -0.189. The van der Waals surface area contributed by atoms with E-state index in [0.717, 1.165) is 4.90 Å². The van der Waals surface area contributed by atoms with Crippen LogP contribution >= 0.6 is 11.8 Å². The molecule has 0 radical (unpaired) electrons. The minimum Gasteiger partial charge on any atom is -0.488 e. The van der Waals surface area contributed by atoms with Gasteiger partial charge in [-0.3, -0.25) is 24.6 Å². The zero-order valence-corrected chi connectivity index (χ0v) is 18.3. The minimum absolute atomic E-state index is 0.0217. The second kappa shape index (κ2) is 9.84. The van der Waals surface area contributed by atoms with Gasteiger partial charge in [0.25, 0.3) is 16.8 Å². The first-order valence-electron chi connectivity index (χ1n) is 9.96. The zero-order valence-electron chi connectivity index (χ0n) is 17.4. The number of nitro benzene ring substituents is 1. The summed E-state index contributed by atoms with van der Waals surface area (Å²) in [5.41, 5.74) is 0.833. The van der Waals surface area contributed by atoms with E-state index in [2.05, 4.69) is 0 Å². The highest BCUT2D eigenvalue weighted by molar-refractivity contribution is 8.18.